The number of likely N-dealkylation sites (N-methyl/N-ethyl adjacent to an activating group) is 1. The van der Waals surface area contributed by atoms with Crippen molar-refractivity contribution in [3.05, 3.63) is 12.7 Å². The van der Waals surface area contributed by atoms with Crippen molar-refractivity contribution in [2.75, 3.05) is 13.6 Å². The van der Waals surface area contributed by atoms with Gasteiger partial charge < -0.3 is 14.7 Å². The van der Waals surface area contributed by atoms with Crippen molar-refractivity contribution in [1.29, 1.82) is 0 Å². The zero-order valence-corrected chi connectivity index (χ0v) is 10.1. The molecule has 2 unspecified atom stereocenters. The average molecular weight is 241 g/mol. The molecule has 1 aliphatic rings. The van der Waals surface area contributed by atoms with Gasteiger partial charge >= 0.3 is 5.97 Å². The Labute approximate surface area is 101 Å². The summed E-state index contributed by atoms with van der Waals surface area (Å²) in [7, 11) is 1.71. The van der Waals surface area contributed by atoms with Crippen molar-refractivity contribution in [3.63, 3.8) is 0 Å². The Bertz CT molecular complexity index is 303. The van der Waals surface area contributed by atoms with E-state index >= 15 is 0 Å². The van der Waals surface area contributed by atoms with Crippen LogP contribution in [-0.2, 0) is 14.3 Å². The van der Waals surface area contributed by atoms with Crippen LogP contribution in [0.25, 0.3) is 0 Å². The Morgan fingerprint density at radius 1 is 1.47 bits per heavy atom. The standard InChI is InChI=1S/C12H19NO4/c1-3-4-5-8-13(2)11(14)9-6-7-10(17-9)12(15)16/h3,9-10H,1,4-8H2,2H3,(H,15,16). The number of hydrogen-bond donors (Lipinski definition) is 1. The lowest BCUT2D eigenvalue weighted by atomic mass is 10.2. The molecule has 5 nitrogen and oxygen atoms in total. The van der Waals surface area contributed by atoms with E-state index in [1.54, 1.807) is 11.9 Å². The number of carbonyl (C=O) groups excluding carboxylic acids is 1. The van der Waals surface area contributed by atoms with Gasteiger partial charge in [-0.3, -0.25) is 4.79 Å². The SMILES string of the molecule is C=CCCCN(C)C(=O)C1CCC(C(=O)O)O1. The van der Waals surface area contributed by atoms with Gasteiger partial charge in [0.2, 0.25) is 0 Å². The number of carboxylic acids is 1. The maximum atomic E-state index is 11.9. The normalized spacial score (nSPS) is 23.4. The van der Waals surface area contributed by atoms with Crippen LogP contribution in [0.2, 0.25) is 0 Å². The molecule has 0 aliphatic carbocycles. The van der Waals surface area contributed by atoms with Gasteiger partial charge in [-0.2, -0.15) is 0 Å². The second kappa shape index (κ2) is 6.39. The zero-order valence-electron chi connectivity index (χ0n) is 10.1. The number of rotatable bonds is 6. The monoisotopic (exact) mass is 241 g/mol. The van der Waals surface area contributed by atoms with Crippen molar-refractivity contribution in [2.24, 2.45) is 0 Å². The van der Waals surface area contributed by atoms with Crippen LogP contribution in [0.15, 0.2) is 12.7 Å². The van der Waals surface area contributed by atoms with Gasteiger partial charge in [0.25, 0.3) is 5.91 Å². The van der Waals surface area contributed by atoms with Gasteiger partial charge in [0.05, 0.1) is 0 Å². The molecule has 1 rings (SSSR count). The number of ether oxygens (including phenoxy) is 1. The third-order valence-electron chi connectivity index (χ3n) is 2.85. The number of carboxylic acid groups (broad SMARTS) is 1. The quantitative estimate of drug-likeness (QED) is 0.557. The molecule has 5 heteroatoms. The van der Waals surface area contributed by atoms with E-state index in [1.165, 1.54) is 0 Å². The Balaban J connectivity index is 2.37. The number of carbonyl (C=O) groups is 2. The lowest BCUT2D eigenvalue weighted by Gasteiger charge is -2.20. The van der Waals surface area contributed by atoms with E-state index in [0.717, 1.165) is 12.8 Å². The van der Waals surface area contributed by atoms with Crippen LogP contribution in [0.4, 0.5) is 0 Å². The van der Waals surface area contributed by atoms with Gasteiger partial charge in [0.1, 0.15) is 6.10 Å². The Morgan fingerprint density at radius 3 is 2.65 bits per heavy atom. The third-order valence-corrected chi connectivity index (χ3v) is 2.85. The highest BCUT2D eigenvalue weighted by molar-refractivity contribution is 5.82. The molecule has 1 N–H and O–H groups in total. The van der Waals surface area contributed by atoms with Crippen LogP contribution in [0.1, 0.15) is 25.7 Å². The summed E-state index contributed by atoms with van der Waals surface area (Å²) in [5.41, 5.74) is 0. The minimum atomic E-state index is -0.991. The second-order valence-corrected chi connectivity index (χ2v) is 4.22. The molecule has 1 heterocycles. The van der Waals surface area contributed by atoms with E-state index in [-0.39, 0.29) is 5.91 Å². The van der Waals surface area contributed by atoms with Gasteiger partial charge in [-0.15, -0.1) is 6.58 Å². The lowest BCUT2D eigenvalue weighted by molar-refractivity contribution is -0.154. The molecule has 1 fully saturated rings. The minimum absolute atomic E-state index is 0.127. The van der Waals surface area contributed by atoms with E-state index < -0.39 is 18.2 Å². The summed E-state index contributed by atoms with van der Waals surface area (Å²) >= 11 is 0. The highest BCUT2D eigenvalue weighted by Crippen LogP contribution is 2.21. The van der Waals surface area contributed by atoms with Crippen molar-refractivity contribution in [1.82, 2.24) is 4.90 Å². The van der Waals surface area contributed by atoms with E-state index in [1.807, 2.05) is 6.08 Å². The maximum absolute atomic E-state index is 11.9. The molecule has 0 radical (unpaired) electrons. The minimum Gasteiger partial charge on any atom is -0.479 e. The molecule has 0 bridgehead atoms. The Morgan fingerprint density at radius 2 is 2.12 bits per heavy atom. The predicted octanol–water partition coefficient (Wildman–Crippen LogP) is 1.04. The van der Waals surface area contributed by atoms with Gasteiger partial charge in [-0.25, -0.2) is 4.79 Å². The fourth-order valence-electron chi connectivity index (χ4n) is 1.83. The van der Waals surface area contributed by atoms with Crippen LogP contribution in [0.3, 0.4) is 0 Å². The highest BCUT2D eigenvalue weighted by Gasteiger charge is 2.35. The Hall–Kier alpha value is -1.36. The molecular weight excluding hydrogens is 222 g/mol. The molecule has 0 aromatic rings. The third kappa shape index (κ3) is 3.85. The first-order valence-electron chi connectivity index (χ1n) is 5.80. The summed E-state index contributed by atoms with van der Waals surface area (Å²) in [6.45, 7) is 4.26. The van der Waals surface area contributed by atoms with E-state index in [4.69, 9.17) is 9.84 Å². The summed E-state index contributed by atoms with van der Waals surface area (Å²) in [6, 6.07) is 0. The molecule has 1 amide bonds. The summed E-state index contributed by atoms with van der Waals surface area (Å²) in [4.78, 5) is 24.2. The molecule has 1 saturated heterocycles. The number of aliphatic carboxylic acids is 1. The number of nitrogens with zero attached hydrogens (tertiary/aromatic N) is 1. The summed E-state index contributed by atoms with van der Waals surface area (Å²) < 4.78 is 5.20. The first-order valence-corrected chi connectivity index (χ1v) is 5.80. The fourth-order valence-corrected chi connectivity index (χ4v) is 1.83. The Kier molecular flexibility index (Phi) is 5.15. The average Bonchev–Trinajstić information content (AvgIpc) is 2.77. The fraction of sp³-hybridized carbons (Fsp3) is 0.667. The predicted molar refractivity (Wildman–Crippen MR) is 62.6 cm³/mol. The number of unbranched alkanes of at least 4 members (excludes halogenated alkanes) is 1. The van der Waals surface area contributed by atoms with E-state index in [2.05, 4.69) is 6.58 Å². The number of amides is 1. The summed E-state index contributed by atoms with van der Waals surface area (Å²) in [6.07, 6.45) is 3.01. The molecule has 1 aliphatic heterocycles. The molecular formula is C12H19NO4. The van der Waals surface area contributed by atoms with Gasteiger partial charge in [0, 0.05) is 13.6 Å². The van der Waals surface area contributed by atoms with Crippen molar-refractivity contribution < 1.29 is 19.4 Å². The molecule has 17 heavy (non-hydrogen) atoms. The van der Waals surface area contributed by atoms with Crippen LogP contribution in [0, 0.1) is 0 Å². The largest absolute Gasteiger partial charge is 0.479 e. The summed E-state index contributed by atoms with van der Waals surface area (Å²) in [5, 5.41) is 8.76. The van der Waals surface area contributed by atoms with Gasteiger partial charge in [0.15, 0.2) is 6.10 Å². The lowest BCUT2D eigenvalue weighted by Crippen LogP contribution is -2.37. The first-order chi connectivity index (χ1) is 8.06. The topological polar surface area (TPSA) is 66.8 Å². The van der Waals surface area contributed by atoms with Crippen LogP contribution in [-0.4, -0.2) is 47.7 Å². The van der Waals surface area contributed by atoms with Crippen molar-refractivity contribution >= 4 is 11.9 Å². The molecule has 0 aromatic carbocycles. The van der Waals surface area contributed by atoms with E-state index in [0.29, 0.717) is 19.4 Å². The van der Waals surface area contributed by atoms with Crippen LogP contribution >= 0.6 is 0 Å². The molecule has 96 valence electrons. The molecule has 2 atom stereocenters. The smallest absolute Gasteiger partial charge is 0.332 e. The summed E-state index contributed by atoms with van der Waals surface area (Å²) in [5.74, 6) is -1.12. The number of allylic oxidation sites excluding steroid dienone is 1. The molecule has 0 saturated carbocycles. The second-order valence-electron chi connectivity index (χ2n) is 4.22. The molecule has 0 aromatic heterocycles. The van der Waals surface area contributed by atoms with Crippen LogP contribution in [0.5, 0.6) is 0 Å². The first kappa shape index (κ1) is 13.7. The maximum Gasteiger partial charge on any atom is 0.332 e. The van der Waals surface area contributed by atoms with Crippen molar-refractivity contribution in [3.8, 4) is 0 Å². The zero-order chi connectivity index (χ0) is 12.8. The van der Waals surface area contributed by atoms with E-state index in [9.17, 15) is 9.59 Å². The van der Waals surface area contributed by atoms with Crippen LogP contribution < -0.4 is 0 Å². The highest BCUT2D eigenvalue weighted by atomic mass is 16.5. The van der Waals surface area contributed by atoms with Crippen molar-refractivity contribution in [2.45, 2.75) is 37.9 Å². The number of hydrogen-bond acceptors (Lipinski definition) is 3. The van der Waals surface area contributed by atoms with Gasteiger partial charge in [-0.05, 0) is 25.7 Å². The molecule has 0 spiro atoms. The van der Waals surface area contributed by atoms with Gasteiger partial charge in [-0.1, -0.05) is 6.08 Å².